The van der Waals surface area contributed by atoms with E-state index in [9.17, 15) is 4.79 Å². The lowest BCUT2D eigenvalue weighted by molar-refractivity contribution is -0.123. The monoisotopic (exact) mass is 280 g/mol. The second-order valence-corrected chi connectivity index (χ2v) is 7.95. The largest absolute Gasteiger partial charge is 0.353 e. The number of hydrogen-bond donors (Lipinski definition) is 2. The molecule has 20 heavy (non-hydrogen) atoms. The summed E-state index contributed by atoms with van der Waals surface area (Å²) in [6.07, 6.45) is 6.40. The van der Waals surface area contributed by atoms with Crippen LogP contribution in [0.15, 0.2) is 0 Å². The number of carbonyl (C=O) groups excluding carboxylic acids is 1. The van der Waals surface area contributed by atoms with Gasteiger partial charge in [0.25, 0.3) is 0 Å². The Kier molecular flexibility index (Phi) is 4.48. The van der Waals surface area contributed by atoms with Gasteiger partial charge in [-0.3, -0.25) is 4.79 Å². The summed E-state index contributed by atoms with van der Waals surface area (Å²) in [5.74, 6) is 1.58. The number of hydrogen-bond acceptors (Lipinski definition) is 2. The Morgan fingerprint density at radius 2 is 2.05 bits per heavy atom. The van der Waals surface area contributed by atoms with Crippen molar-refractivity contribution in [2.45, 2.75) is 72.3 Å². The van der Waals surface area contributed by atoms with E-state index in [-0.39, 0.29) is 11.3 Å². The van der Waals surface area contributed by atoms with Crippen molar-refractivity contribution in [3.63, 3.8) is 0 Å². The van der Waals surface area contributed by atoms with Gasteiger partial charge in [0.05, 0.1) is 0 Å². The van der Waals surface area contributed by atoms with E-state index in [1.54, 1.807) is 0 Å². The summed E-state index contributed by atoms with van der Waals surface area (Å²) in [6.45, 7) is 10.1. The normalized spacial score (nSPS) is 36.0. The van der Waals surface area contributed by atoms with Crippen LogP contribution >= 0.6 is 0 Å². The SMILES string of the molecule is CC(CCN)CCC(=O)NC1CC2CCC1(C)C2(C)C. The van der Waals surface area contributed by atoms with Crippen LogP contribution in [-0.2, 0) is 4.79 Å². The van der Waals surface area contributed by atoms with Gasteiger partial charge in [-0.1, -0.05) is 27.7 Å². The maximum Gasteiger partial charge on any atom is 0.220 e. The van der Waals surface area contributed by atoms with E-state index < -0.39 is 0 Å². The number of fused-ring (bicyclic) bond motifs is 2. The minimum Gasteiger partial charge on any atom is -0.353 e. The number of amides is 1. The molecule has 3 nitrogen and oxygen atoms in total. The van der Waals surface area contributed by atoms with E-state index in [1.807, 2.05) is 0 Å². The third-order valence-corrected chi connectivity index (χ3v) is 6.65. The minimum atomic E-state index is 0.239. The molecule has 3 heteroatoms. The molecular weight excluding hydrogens is 248 g/mol. The molecule has 0 radical (unpaired) electrons. The fourth-order valence-corrected chi connectivity index (χ4v) is 4.49. The lowest BCUT2D eigenvalue weighted by Crippen LogP contribution is -2.46. The molecule has 116 valence electrons. The van der Waals surface area contributed by atoms with Gasteiger partial charge in [-0.15, -0.1) is 0 Å². The first kappa shape index (κ1) is 15.8. The Balaban J connectivity index is 1.84. The van der Waals surface area contributed by atoms with Gasteiger partial charge in [-0.2, -0.15) is 0 Å². The maximum absolute atomic E-state index is 12.2. The Bertz CT molecular complexity index is 366. The van der Waals surface area contributed by atoms with Crippen molar-refractivity contribution in [3.05, 3.63) is 0 Å². The second-order valence-electron chi connectivity index (χ2n) is 7.95. The maximum atomic E-state index is 12.2. The van der Waals surface area contributed by atoms with Crippen LogP contribution in [0.2, 0.25) is 0 Å². The van der Waals surface area contributed by atoms with Crippen LogP contribution in [0.5, 0.6) is 0 Å². The van der Waals surface area contributed by atoms with Crippen molar-refractivity contribution in [3.8, 4) is 0 Å². The van der Waals surface area contributed by atoms with Crippen LogP contribution in [0, 0.1) is 22.7 Å². The van der Waals surface area contributed by atoms with Gasteiger partial charge in [-0.25, -0.2) is 0 Å². The fourth-order valence-electron chi connectivity index (χ4n) is 4.49. The quantitative estimate of drug-likeness (QED) is 0.785. The number of nitrogens with two attached hydrogens (primary N) is 1. The number of carbonyl (C=O) groups is 1. The zero-order valence-electron chi connectivity index (χ0n) is 13.7. The van der Waals surface area contributed by atoms with Crippen molar-refractivity contribution in [2.24, 2.45) is 28.4 Å². The van der Waals surface area contributed by atoms with Crippen molar-refractivity contribution in [1.82, 2.24) is 5.32 Å². The summed E-state index contributed by atoms with van der Waals surface area (Å²) in [6, 6.07) is 0.383. The van der Waals surface area contributed by atoms with E-state index >= 15 is 0 Å². The Labute approximate surface area is 124 Å². The van der Waals surface area contributed by atoms with Crippen molar-refractivity contribution in [1.29, 1.82) is 0 Å². The van der Waals surface area contributed by atoms with Crippen LogP contribution in [0.3, 0.4) is 0 Å². The first-order chi connectivity index (χ1) is 9.31. The lowest BCUT2D eigenvalue weighted by Gasteiger charge is -2.39. The summed E-state index contributed by atoms with van der Waals surface area (Å²) in [4.78, 5) is 12.2. The predicted octanol–water partition coefficient (Wildman–Crippen LogP) is 3.08. The Morgan fingerprint density at radius 1 is 1.35 bits per heavy atom. The van der Waals surface area contributed by atoms with Crippen LogP contribution in [0.25, 0.3) is 0 Å². The summed E-state index contributed by atoms with van der Waals surface area (Å²) >= 11 is 0. The molecule has 0 aliphatic heterocycles. The summed E-state index contributed by atoms with van der Waals surface area (Å²) in [5.41, 5.74) is 6.22. The molecule has 0 heterocycles. The molecule has 2 bridgehead atoms. The lowest BCUT2D eigenvalue weighted by atomic mass is 9.69. The highest BCUT2D eigenvalue weighted by atomic mass is 16.1. The molecule has 0 saturated heterocycles. The Hall–Kier alpha value is -0.570. The standard InChI is InChI=1S/C17H32N2O/c1-12(8-10-18)5-6-15(20)19-14-11-13-7-9-17(14,4)16(13,2)3/h12-14H,5-11,18H2,1-4H3,(H,19,20). The van der Waals surface area contributed by atoms with Crippen molar-refractivity contribution in [2.75, 3.05) is 6.54 Å². The van der Waals surface area contributed by atoms with Crippen LogP contribution in [0.1, 0.15) is 66.2 Å². The van der Waals surface area contributed by atoms with Gasteiger partial charge in [-0.05, 0) is 61.3 Å². The number of nitrogens with one attached hydrogen (secondary N) is 1. The molecule has 2 aliphatic rings. The molecule has 4 unspecified atom stereocenters. The zero-order chi connectivity index (χ0) is 15.0. The van der Waals surface area contributed by atoms with Crippen LogP contribution in [-0.4, -0.2) is 18.5 Å². The molecule has 3 N–H and O–H groups in total. The van der Waals surface area contributed by atoms with Crippen LogP contribution < -0.4 is 11.1 Å². The molecule has 2 saturated carbocycles. The predicted molar refractivity (Wildman–Crippen MR) is 83.2 cm³/mol. The average molecular weight is 280 g/mol. The van der Waals surface area contributed by atoms with E-state index in [0.717, 1.165) is 25.3 Å². The zero-order valence-corrected chi connectivity index (χ0v) is 13.7. The second kappa shape index (κ2) is 5.67. The molecule has 1 amide bonds. The van der Waals surface area contributed by atoms with Crippen molar-refractivity contribution >= 4 is 5.91 Å². The van der Waals surface area contributed by atoms with E-state index in [4.69, 9.17) is 5.73 Å². The number of rotatable bonds is 6. The first-order valence-electron chi connectivity index (χ1n) is 8.30. The van der Waals surface area contributed by atoms with Crippen LogP contribution in [0.4, 0.5) is 0 Å². The van der Waals surface area contributed by atoms with E-state index in [0.29, 0.717) is 23.8 Å². The van der Waals surface area contributed by atoms with Gasteiger partial charge in [0.15, 0.2) is 0 Å². The molecule has 0 spiro atoms. The average Bonchev–Trinajstić information content (AvgIpc) is 2.70. The van der Waals surface area contributed by atoms with Gasteiger partial charge in [0.2, 0.25) is 5.91 Å². The molecular formula is C17H32N2O. The third-order valence-electron chi connectivity index (χ3n) is 6.65. The highest BCUT2D eigenvalue weighted by molar-refractivity contribution is 5.76. The fraction of sp³-hybridized carbons (Fsp3) is 0.941. The molecule has 2 fully saturated rings. The highest BCUT2D eigenvalue weighted by Crippen LogP contribution is 2.65. The molecule has 2 aliphatic carbocycles. The first-order valence-corrected chi connectivity index (χ1v) is 8.30. The van der Waals surface area contributed by atoms with Gasteiger partial charge in [0, 0.05) is 12.5 Å². The molecule has 0 aromatic rings. The van der Waals surface area contributed by atoms with Gasteiger partial charge >= 0.3 is 0 Å². The molecule has 0 aromatic heterocycles. The topological polar surface area (TPSA) is 55.1 Å². The highest BCUT2D eigenvalue weighted by Gasteiger charge is 2.61. The smallest absolute Gasteiger partial charge is 0.220 e. The summed E-state index contributed by atoms with van der Waals surface area (Å²) in [7, 11) is 0. The van der Waals surface area contributed by atoms with E-state index in [1.165, 1.54) is 19.3 Å². The Morgan fingerprint density at radius 3 is 2.55 bits per heavy atom. The van der Waals surface area contributed by atoms with E-state index in [2.05, 4.69) is 33.0 Å². The molecule has 2 rings (SSSR count). The summed E-state index contributed by atoms with van der Waals surface area (Å²) in [5, 5.41) is 3.33. The minimum absolute atomic E-state index is 0.239. The van der Waals surface area contributed by atoms with Gasteiger partial charge in [0.1, 0.15) is 0 Å². The van der Waals surface area contributed by atoms with Crippen molar-refractivity contribution < 1.29 is 4.79 Å². The molecule has 0 aromatic carbocycles. The van der Waals surface area contributed by atoms with Gasteiger partial charge < -0.3 is 11.1 Å². The third kappa shape index (κ3) is 2.61. The molecule has 4 atom stereocenters. The summed E-state index contributed by atoms with van der Waals surface area (Å²) < 4.78 is 0.